The maximum atomic E-state index is 11.8. The Morgan fingerprint density at radius 2 is 1.85 bits per heavy atom. The van der Waals surface area contributed by atoms with E-state index in [-0.39, 0.29) is 12.1 Å². The molecule has 1 amide bonds. The van der Waals surface area contributed by atoms with Crippen molar-refractivity contribution in [2.75, 3.05) is 0 Å². The lowest BCUT2D eigenvalue weighted by molar-refractivity contribution is -0.132. The van der Waals surface area contributed by atoms with Crippen LogP contribution in [0.1, 0.15) is 25.7 Å². The number of alkyl halides is 2. The SMILES string of the molecule is NC1CCC(NC(=O)C(F)F)CC1. The fourth-order valence-corrected chi connectivity index (χ4v) is 1.53. The molecule has 0 aromatic carbocycles. The lowest BCUT2D eigenvalue weighted by Gasteiger charge is -2.26. The van der Waals surface area contributed by atoms with Crippen molar-refractivity contribution >= 4 is 5.91 Å². The molecule has 1 saturated carbocycles. The van der Waals surface area contributed by atoms with Crippen molar-refractivity contribution in [3.8, 4) is 0 Å². The average molecular weight is 192 g/mol. The standard InChI is InChI=1S/C8H14F2N2O/c9-7(10)8(13)12-6-3-1-5(11)2-4-6/h5-7H,1-4,11H2,(H,12,13). The van der Waals surface area contributed by atoms with E-state index in [1.165, 1.54) is 0 Å². The number of amides is 1. The molecule has 0 radical (unpaired) electrons. The number of rotatable bonds is 2. The fraction of sp³-hybridized carbons (Fsp3) is 0.875. The first-order valence-electron chi connectivity index (χ1n) is 4.43. The lowest BCUT2D eigenvalue weighted by atomic mass is 9.92. The smallest absolute Gasteiger partial charge is 0.315 e. The molecule has 0 heterocycles. The molecule has 3 N–H and O–H groups in total. The van der Waals surface area contributed by atoms with E-state index in [4.69, 9.17) is 5.73 Å². The number of nitrogens with one attached hydrogen (secondary N) is 1. The van der Waals surface area contributed by atoms with Gasteiger partial charge in [0.2, 0.25) is 0 Å². The van der Waals surface area contributed by atoms with Crippen molar-refractivity contribution in [3.05, 3.63) is 0 Å². The van der Waals surface area contributed by atoms with Crippen LogP contribution in [0.25, 0.3) is 0 Å². The Morgan fingerprint density at radius 3 is 2.31 bits per heavy atom. The normalized spacial score (nSPS) is 28.9. The van der Waals surface area contributed by atoms with Gasteiger partial charge in [0.1, 0.15) is 0 Å². The Bertz CT molecular complexity index is 179. The summed E-state index contributed by atoms with van der Waals surface area (Å²) in [5.41, 5.74) is 5.63. The summed E-state index contributed by atoms with van der Waals surface area (Å²) < 4.78 is 23.6. The van der Waals surface area contributed by atoms with Crippen LogP contribution >= 0.6 is 0 Å². The molecule has 0 aliphatic heterocycles. The van der Waals surface area contributed by atoms with Crippen LogP contribution in [-0.2, 0) is 4.79 Å². The van der Waals surface area contributed by atoms with Gasteiger partial charge in [0, 0.05) is 12.1 Å². The van der Waals surface area contributed by atoms with Crippen molar-refractivity contribution in [1.82, 2.24) is 5.32 Å². The monoisotopic (exact) mass is 192 g/mol. The molecule has 1 aliphatic rings. The van der Waals surface area contributed by atoms with E-state index in [1.54, 1.807) is 0 Å². The van der Waals surface area contributed by atoms with Crippen molar-refractivity contribution in [2.24, 2.45) is 5.73 Å². The van der Waals surface area contributed by atoms with Crippen LogP contribution in [0, 0.1) is 0 Å². The highest BCUT2D eigenvalue weighted by Gasteiger charge is 2.23. The maximum Gasteiger partial charge on any atom is 0.315 e. The Hall–Kier alpha value is -0.710. The third kappa shape index (κ3) is 3.26. The van der Waals surface area contributed by atoms with Crippen LogP contribution in [0.5, 0.6) is 0 Å². The minimum Gasteiger partial charge on any atom is -0.348 e. The summed E-state index contributed by atoms with van der Waals surface area (Å²) in [6.45, 7) is 0. The summed E-state index contributed by atoms with van der Waals surface area (Å²) in [5.74, 6) is -1.17. The predicted molar refractivity (Wildman–Crippen MR) is 44.4 cm³/mol. The largest absolute Gasteiger partial charge is 0.348 e. The highest BCUT2D eigenvalue weighted by Crippen LogP contribution is 2.17. The zero-order chi connectivity index (χ0) is 9.84. The van der Waals surface area contributed by atoms with Crippen LogP contribution in [-0.4, -0.2) is 24.4 Å². The quantitative estimate of drug-likeness (QED) is 0.674. The predicted octanol–water partition coefficient (Wildman–Crippen LogP) is 0.638. The van der Waals surface area contributed by atoms with Gasteiger partial charge in [-0.2, -0.15) is 8.78 Å². The van der Waals surface area contributed by atoms with Crippen LogP contribution in [0.2, 0.25) is 0 Å². The van der Waals surface area contributed by atoms with E-state index >= 15 is 0 Å². The number of nitrogens with two attached hydrogens (primary N) is 1. The summed E-state index contributed by atoms with van der Waals surface area (Å²) in [5, 5.41) is 2.29. The molecule has 13 heavy (non-hydrogen) atoms. The number of halogens is 2. The maximum absolute atomic E-state index is 11.8. The third-order valence-corrected chi connectivity index (χ3v) is 2.32. The number of hydrogen-bond donors (Lipinski definition) is 2. The molecule has 3 nitrogen and oxygen atoms in total. The number of carbonyl (C=O) groups is 1. The molecule has 0 saturated heterocycles. The van der Waals surface area contributed by atoms with Gasteiger partial charge in [-0.15, -0.1) is 0 Å². The summed E-state index contributed by atoms with van der Waals surface area (Å²) in [6, 6.07) is 0.0565. The van der Waals surface area contributed by atoms with E-state index in [1.807, 2.05) is 0 Å². The van der Waals surface area contributed by atoms with Gasteiger partial charge in [0.25, 0.3) is 5.91 Å². The molecule has 0 atom stereocenters. The van der Waals surface area contributed by atoms with Crippen LogP contribution in [0.15, 0.2) is 0 Å². The molecule has 0 aromatic rings. The first-order chi connectivity index (χ1) is 6.09. The molecular weight excluding hydrogens is 178 g/mol. The summed E-state index contributed by atoms with van der Waals surface area (Å²) >= 11 is 0. The Balaban J connectivity index is 2.26. The van der Waals surface area contributed by atoms with Gasteiger partial charge in [-0.25, -0.2) is 0 Å². The third-order valence-electron chi connectivity index (χ3n) is 2.32. The molecule has 0 unspecified atom stereocenters. The van der Waals surface area contributed by atoms with Crippen LogP contribution in [0.4, 0.5) is 8.78 Å². The zero-order valence-electron chi connectivity index (χ0n) is 7.30. The Morgan fingerprint density at radius 1 is 1.31 bits per heavy atom. The molecule has 1 aliphatic carbocycles. The van der Waals surface area contributed by atoms with E-state index in [9.17, 15) is 13.6 Å². The van der Waals surface area contributed by atoms with Gasteiger partial charge >= 0.3 is 6.43 Å². The molecule has 5 heteroatoms. The second kappa shape index (κ2) is 4.50. The van der Waals surface area contributed by atoms with Crippen LogP contribution in [0.3, 0.4) is 0 Å². The van der Waals surface area contributed by atoms with Gasteiger partial charge in [0.15, 0.2) is 0 Å². The molecule has 1 fully saturated rings. The average Bonchev–Trinajstić information content (AvgIpc) is 2.08. The fourth-order valence-electron chi connectivity index (χ4n) is 1.53. The van der Waals surface area contributed by atoms with Gasteiger partial charge in [0.05, 0.1) is 0 Å². The van der Waals surface area contributed by atoms with Gasteiger partial charge in [-0.1, -0.05) is 0 Å². The molecule has 76 valence electrons. The van der Waals surface area contributed by atoms with Gasteiger partial charge < -0.3 is 11.1 Å². The van der Waals surface area contributed by atoms with E-state index < -0.39 is 12.3 Å². The van der Waals surface area contributed by atoms with Gasteiger partial charge in [-0.05, 0) is 25.7 Å². The van der Waals surface area contributed by atoms with E-state index in [0.717, 1.165) is 12.8 Å². The first kappa shape index (κ1) is 10.4. The minimum absolute atomic E-state index is 0.110. The highest BCUT2D eigenvalue weighted by molar-refractivity contribution is 5.79. The molecule has 0 bridgehead atoms. The summed E-state index contributed by atoms with van der Waals surface area (Å²) in [7, 11) is 0. The molecule has 0 spiro atoms. The number of carbonyl (C=O) groups excluding carboxylic acids is 1. The van der Waals surface area contributed by atoms with Crippen LogP contribution < -0.4 is 11.1 Å². The second-order valence-corrected chi connectivity index (χ2v) is 3.42. The lowest BCUT2D eigenvalue weighted by Crippen LogP contribution is -2.42. The summed E-state index contributed by atoms with van der Waals surface area (Å²) in [6.07, 6.45) is 0.109. The second-order valence-electron chi connectivity index (χ2n) is 3.42. The van der Waals surface area contributed by atoms with E-state index in [0.29, 0.717) is 12.8 Å². The topological polar surface area (TPSA) is 55.1 Å². The molecule has 1 rings (SSSR count). The van der Waals surface area contributed by atoms with Crippen molar-refractivity contribution in [1.29, 1.82) is 0 Å². The minimum atomic E-state index is -2.91. The zero-order valence-corrected chi connectivity index (χ0v) is 7.30. The molecular formula is C8H14F2N2O. The van der Waals surface area contributed by atoms with Crippen molar-refractivity contribution < 1.29 is 13.6 Å². The number of hydrogen-bond acceptors (Lipinski definition) is 2. The van der Waals surface area contributed by atoms with Crippen molar-refractivity contribution in [2.45, 2.75) is 44.2 Å². The first-order valence-corrected chi connectivity index (χ1v) is 4.43. The van der Waals surface area contributed by atoms with Crippen molar-refractivity contribution in [3.63, 3.8) is 0 Å². The Labute approximate surface area is 75.7 Å². The van der Waals surface area contributed by atoms with E-state index in [2.05, 4.69) is 5.32 Å². The summed E-state index contributed by atoms with van der Waals surface area (Å²) in [4.78, 5) is 10.6. The molecule has 0 aromatic heterocycles. The Kier molecular flexibility index (Phi) is 3.59. The van der Waals surface area contributed by atoms with Gasteiger partial charge in [-0.3, -0.25) is 4.79 Å². The highest BCUT2D eigenvalue weighted by atomic mass is 19.3.